The number of ether oxygens (including phenoxy) is 2. The second-order valence-corrected chi connectivity index (χ2v) is 5.39. The lowest BCUT2D eigenvalue weighted by Crippen LogP contribution is -2.15. The van der Waals surface area contributed by atoms with Gasteiger partial charge in [0.25, 0.3) is 0 Å². The molecule has 3 rings (SSSR count). The first kappa shape index (κ1) is 15.4. The highest BCUT2D eigenvalue weighted by molar-refractivity contribution is 5.84. The predicted molar refractivity (Wildman–Crippen MR) is 93.4 cm³/mol. The molecular weight excluding hydrogens is 288 g/mol. The van der Waals surface area contributed by atoms with Crippen molar-refractivity contribution < 1.29 is 9.47 Å². The van der Waals surface area contributed by atoms with Gasteiger partial charge in [-0.05, 0) is 24.6 Å². The van der Waals surface area contributed by atoms with Gasteiger partial charge >= 0.3 is 0 Å². The van der Waals surface area contributed by atoms with Gasteiger partial charge in [0.15, 0.2) is 11.5 Å². The maximum absolute atomic E-state index is 6.13. The molecule has 0 aliphatic heterocycles. The number of hydrogen-bond donors (Lipinski definition) is 2. The standard InChI is InChI=1S/C19H22N2O2/c1-3-23-19-14(8-6-10-18(19)22-2)15(11-20)16-12-21-17-9-5-4-7-13(16)17/h4-10,12,15,21H,3,11,20H2,1-2H3/t15-/m1/s1. The van der Waals surface area contributed by atoms with Gasteiger partial charge in [0.1, 0.15) is 0 Å². The first-order valence-corrected chi connectivity index (χ1v) is 7.85. The maximum atomic E-state index is 6.13. The molecule has 0 saturated heterocycles. The van der Waals surface area contributed by atoms with E-state index >= 15 is 0 Å². The number of aromatic amines is 1. The van der Waals surface area contributed by atoms with Crippen molar-refractivity contribution in [1.29, 1.82) is 0 Å². The topological polar surface area (TPSA) is 60.3 Å². The van der Waals surface area contributed by atoms with Crippen molar-refractivity contribution in [1.82, 2.24) is 4.98 Å². The van der Waals surface area contributed by atoms with Crippen LogP contribution in [0.5, 0.6) is 11.5 Å². The average Bonchev–Trinajstić information content (AvgIpc) is 3.01. The maximum Gasteiger partial charge on any atom is 0.164 e. The van der Waals surface area contributed by atoms with Crippen LogP contribution in [0.4, 0.5) is 0 Å². The zero-order valence-corrected chi connectivity index (χ0v) is 13.5. The van der Waals surface area contributed by atoms with Crippen molar-refractivity contribution in [2.75, 3.05) is 20.3 Å². The Balaban J connectivity index is 2.14. The van der Waals surface area contributed by atoms with Crippen LogP contribution in [0.25, 0.3) is 10.9 Å². The van der Waals surface area contributed by atoms with E-state index in [1.54, 1.807) is 7.11 Å². The summed E-state index contributed by atoms with van der Waals surface area (Å²) in [6.07, 6.45) is 2.04. The number of H-pyrrole nitrogens is 1. The molecule has 1 atom stereocenters. The van der Waals surface area contributed by atoms with Crippen molar-refractivity contribution in [3.05, 3.63) is 59.8 Å². The lowest BCUT2D eigenvalue weighted by Gasteiger charge is -2.20. The number of nitrogens with one attached hydrogen (secondary N) is 1. The molecule has 1 aromatic heterocycles. The zero-order chi connectivity index (χ0) is 16.2. The number of rotatable bonds is 6. The summed E-state index contributed by atoms with van der Waals surface area (Å²) in [4.78, 5) is 3.33. The highest BCUT2D eigenvalue weighted by Crippen LogP contribution is 2.39. The Morgan fingerprint density at radius 3 is 2.65 bits per heavy atom. The van der Waals surface area contributed by atoms with Crippen molar-refractivity contribution in [2.24, 2.45) is 5.73 Å². The van der Waals surface area contributed by atoms with Crippen LogP contribution in [0.3, 0.4) is 0 Å². The second kappa shape index (κ2) is 6.75. The van der Waals surface area contributed by atoms with E-state index in [0.29, 0.717) is 13.2 Å². The van der Waals surface area contributed by atoms with E-state index in [-0.39, 0.29) is 5.92 Å². The second-order valence-electron chi connectivity index (χ2n) is 5.39. The van der Waals surface area contributed by atoms with E-state index in [2.05, 4.69) is 23.2 Å². The third kappa shape index (κ3) is 2.78. The lowest BCUT2D eigenvalue weighted by atomic mass is 9.90. The van der Waals surface area contributed by atoms with Gasteiger partial charge in [-0.3, -0.25) is 0 Å². The van der Waals surface area contributed by atoms with Crippen LogP contribution in [-0.4, -0.2) is 25.2 Å². The third-order valence-corrected chi connectivity index (χ3v) is 4.13. The van der Waals surface area contributed by atoms with Gasteiger partial charge in [0.2, 0.25) is 0 Å². The summed E-state index contributed by atoms with van der Waals surface area (Å²) in [6.45, 7) is 3.05. The zero-order valence-electron chi connectivity index (χ0n) is 13.5. The Morgan fingerprint density at radius 2 is 1.91 bits per heavy atom. The molecule has 0 unspecified atom stereocenters. The van der Waals surface area contributed by atoms with Gasteiger partial charge in [0.05, 0.1) is 13.7 Å². The van der Waals surface area contributed by atoms with Crippen molar-refractivity contribution in [2.45, 2.75) is 12.8 Å². The SMILES string of the molecule is CCOc1c(OC)cccc1[C@@H](CN)c1c[nH]c2ccccc12. The van der Waals surface area contributed by atoms with E-state index in [1.165, 1.54) is 10.9 Å². The minimum absolute atomic E-state index is 0.0443. The Morgan fingerprint density at radius 1 is 1.09 bits per heavy atom. The number of benzene rings is 2. The van der Waals surface area contributed by atoms with Crippen molar-refractivity contribution in [3.63, 3.8) is 0 Å². The summed E-state index contributed by atoms with van der Waals surface area (Å²) < 4.78 is 11.3. The largest absolute Gasteiger partial charge is 0.493 e. The first-order valence-electron chi connectivity index (χ1n) is 7.85. The van der Waals surface area contributed by atoms with Crippen LogP contribution in [0.2, 0.25) is 0 Å². The van der Waals surface area contributed by atoms with Crippen LogP contribution < -0.4 is 15.2 Å². The summed E-state index contributed by atoms with van der Waals surface area (Å²) in [7, 11) is 1.66. The minimum Gasteiger partial charge on any atom is -0.493 e. The fourth-order valence-electron chi connectivity index (χ4n) is 3.07. The van der Waals surface area contributed by atoms with Crippen LogP contribution in [-0.2, 0) is 0 Å². The molecule has 0 bridgehead atoms. The lowest BCUT2D eigenvalue weighted by molar-refractivity contribution is 0.306. The van der Waals surface area contributed by atoms with Gasteiger partial charge < -0.3 is 20.2 Å². The van der Waals surface area contributed by atoms with Gasteiger partial charge in [-0.1, -0.05) is 30.3 Å². The number of aromatic nitrogens is 1. The number of fused-ring (bicyclic) bond motifs is 1. The predicted octanol–water partition coefficient (Wildman–Crippen LogP) is 3.67. The van der Waals surface area contributed by atoms with Crippen LogP contribution >= 0.6 is 0 Å². The molecule has 0 aliphatic carbocycles. The van der Waals surface area contributed by atoms with E-state index in [4.69, 9.17) is 15.2 Å². The highest BCUT2D eigenvalue weighted by atomic mass is 16.5. The monoisotopic (exact) mass is 310 g/mol. The molecule has 0 radical (unpaired) electrons. The Kier molecular flexibility index (Phi) is 4.53. The number of para-hydroxylation sites is 2. The number of hydrogen-bond acceptors (Lipinski definition) is 3. The fourth-order valence-corrected chi connectivity index (χ4v) is 3.07. The molecule has 0 fully saturated rings. The molecule has 23 heavy (non-hydrogen) atoms. The molecule has 3 aromatic rings. The molecule has 2 aromatic carbocycles. The Bertz CT molecular complexity index is 795. The van der Waals surface area contributed by atoms with E-state index in [1.807, 2.05) is 37.4 Å². The average molecular weight is 310 g/mol. The normalized spacial score (nSPS) is 12.3. The van der Waals surface area contributed by atoms with E-state index < -0.39 is 0 Å². The van der Waals surface area contributed by atoms with Crippen molar-refractivity contribution >= 4 is 10.9 Å². The molecule has 4 heteroatoms. The highest BCUT2D eigenvalue weighted by Gasteiger charge is 2.22. The summed E-state index contributed by atoms with van der Waals surface area (Å²) in [5.41, 5.74) is 9.48. The Labute approximate surface area is 136 Å². The smallest absolute Gasteiger partial charge is 0.164 e. The Hall–Kier alpha value is -2.46. The van der Waals surface area contributed by atoms with Gasteiger partial charge in [-0.25, -0.2) is 0 Å². The summed E-state index contributed by atoms with van der Waals surface area (Å²) in [6, 6.07) is 14.2. The molecule has 0 spiro atoms. The molecule has 0 aliphatic rings. The van der Waals surface area contributed by atoms with Gasteiger partial charge in [-0.15, -0.1) is 0 Å². The fraction of sp³-hybridized carbons (Fsp3) is 0.263. The molecule has 4 nitrogen and oxygen atoms in total. The number of nitrogens with two attached hydrogens (primary N) is 1. The van der Waals surface area contributed by atoms with Crippen LogP contribution in [0, 0.1) is 0 Å². The summed E-state index contributed by atoms with van der Waals surface area (Å²) >= 11 is 0. The van der Waals surface area contributed by atoms with Gasteiger partial charge in [0, 0.05) is 35.1 Å². The van der Waals surface area contributed by atoms with Crippen LogP contribution in [0.1, 0.15) is 24.0 Å². The summed E-state index contributed by atoms with van der Waals surface area (Å²) in [5, 5.41) is 1.19. The minimum atomic E-state index is 0.0443. The molecule has 3 N–H and O–H groups in total. The van der Waals surface area contributed by atoms with Crippen molar-refractivity contribution in [3.8, 4) is 11.5 Å². The summed E-state index contributed by atoms with van der Waals surface area (Å²) in [5.74, 6) is 1.56. The van der Waals surface area contributed by atoms with E-state index in [0.717, 1.165) is 22.6 Å². The molecule has 1 heterocycles. The van der Waals surface area contributed by atoms with Gasteiger partial charge in [-0.2, -0.15) is 0 Å². The quantitative estimate of drug-likeness (QED) is 0.730. The van der Waals surface area contributed by atoms with E-state index in [9.17, 15) is 0 Å². The third-order valence-electron chi connectivity index (χ3n) is 4.13. The van der Waals surface area contributed by atoms with Crippen LogP contribution in [0.15, 0.2) is 48.7 Å². The number of methoxy groups -OCH3 is 1. The molecular formula is C19H22N2O2. The first-order chi connectivity index (χ1) is 11.3. The molecule has 0 amide bonds. The molecule has 120 valence electrons. The molecule has 0 saturated carbocycles.